The molecule has 0 amide bonds. The topological polar surface area (TPSA) is 55.9 Å². The van der Waals surface area contributed by atoms with Gasteiger partial charge in [-0.1, -0.05) is 12.2 Å². The highest BCUT2D eigenvalue weighted by Crippen LogP contribution is 2.25. The van der Waals surface area contributed by atoms with Crippen molar-refractivity contribution in [2.24, 2.45) is 12.8 Å². The summed E-state index contributed by atoms with van der Waals surface area (Å²) in [6, 6.07) is 2.03. The van der Waals surface area contributed by atoms with E-state index in [2.05, 4.69) is 26.3 Å². The van der Waals surface area contributed by atoms with Gasteiger partial charge < -0.3 is 11.1 Å². The Morgan fingerprint density at radius 1 is 1.67 bits per heavy atom. The Labute approximate surface area is 123 Å². The Bertz CT molecular complexity index is 588. The second-order valence-electron chi connectivity index (χ2n) is 3.84. The van der Waals surface area contributed by atoms with Crippen LogP contribution in [0.25, 0.3) is 0 Å². The quantitative estimate of drug-likeness (QED) is 0.837. The van der Waals surface area contributed by atoms with Crippen LogP contribution < -0.4 is 11.1 Å². The smallest absolute Gasteiger partial charge is 0.134 e. The number of nitrogens with zero attached hydrogens (tertiary/aromatic N) is 2. The van der Waals surface area contributed by atoms with E-state index in [1.165, 1.54) is 4.88 Å². The van der Waals surface area contributed by atoms with E-state index >= 15 is 0 Å². The molecule has 0 radical (unpaired) electrons. The Morgan fingerprint density at radius 2 is 2.39 bits per heavy atom. The van der Waals surface area contributed by atoms with E-state index in [0.29, 0.717) is 11.5 Å². The summed E-state index contributed by atoms with van der Waals surface area (Å²) in [5.74, 6) is 0.861. The lowest BCUT2D eigenvalue weighted by Crippen LogP contribution is -2.14. The first-order valence-corrected chi connectivity index (χ1v) is 7.38. The molecule has 0 atom stereocenters. The van der Waals surface area contributed by atoms with Gasteiger partial charge in [-0.3, -0.25) is 4.68 Å². The van der Waals surface area contributed by atoms with Crippen LogP contribution in [-0.2, 0) is 13.6 Å². The summed E-state index contributed by atoms with van der Waals surface area (Å²) in [6.45, 7) is 2.62. The zero-order chi connectivity index (χ0) is 13.3. The van der Waals surface area contributed by atoms with Crippen LogP contribution in [0.15, 0.2) is 15.9 Å². The van der Waals surface area contributed by atoms with E-state index in [1.807, 2.05) is 25.4 Å². The molecular weight excluding hydrogens is 332 g/mol. The van der Waals surface area contributed by atoms with Crippen molar-refractivity contribution < 1.29 is 0 Å². The summed E-state index contributed by atoms with van der Waals surface area (Å²) in [5.41, 5.74) is 7.40. The molecule has 0 aromatic carbocycles. The molecule has 18 heavy (non-hydrogen) atoms. The van der Waals surface area contributed by atoms with Gasteiger partial charge in [0.1, 0.15) is 10.8 Å². The zero-order valence-electron chi connectivity index (χ0n) is 10.0. The number of thiocarbonyl (C=S) groups is 1. The van der Waals surface area contributed by atoms with Crippen LogP contribution in [0.1, 0.15) is 16.1 Å². The van der Waals surface area contributed by atoms with Crippen LogP contribution in [-0.4, -0.2) is 14.8 Å². The van der Waals surface area contributed by atoms with Gasteiger partial charge in [0, 0.05) is 16.4 Å². The lowest BCUT2D eigenvalue weighted by Gasteiger charge is -2.08. The number of aromatic nitrogens is 2. The van der Waals surface area contributed by atoms with Crippen molar-refractivity contribution in [3.63, 3.8) is 0 Å². The third-order valence-electron chi connectivity index (χ3n) is 2.58. The van der Waals surface area contributed by atoms with E-state index in [-0.39, 0.29) is 0 Å². The van der Waals surface area contributed by atoms with Crippen molar-refractivity contribution in [2.45, 2.75) is 13.5 Å². The molecule has 0 spiro atoms. The molecule has 0 saturated carbocycles. The average Bonchev–Trinajstić information content (AvgIpc) is 2.79. The summed E-state index contributed by atoms with van der Waals surface area (Å²) in [6.07, 6.45) is 0. The minimum absolute atomic E-state index is 0.369. The Hall–Kier alpha value is -0.920. The number of anilines is 1. The molecule has 4 nitrogen and oxygen atoms in total. The van der Waals surface area contributed by atoms with Crippen LogP contribution in [0.3, 0.4) is 0 Å². The van der Waals surface area contributed by atoms with Crippen LogP contribution in [0.4, 0.5) is 5.82 Å². The predicted octanol–water partition coefficient (Wildman–Crippen LogP) is 2.80. The molecular formula is C11H13BrN4S2. The lowest BCUT2D eigenvalue weighted by molar-refractivity contribution is 0.758. The number of halogens is 1. The van der Waals surface area contributed by atoms with Crippen molar-refractivity contribution in [1.82, 2.24) is 9.78 Å². The normalized spacial score (nSPS) is 10.6. The largest absolute Gasteiger partial charge is 0.389 e. The molecule has 2 rings (SSSR count). The minimum Gasteiger partial charge on any atom is -0.389 e. The summed E-state index contributed by atoms with van der Waals surface area (Å²) in [5, 5.41) is 9.72. The van der Waals surface area contributed by atoms with E-state index < -0.39 is 0 Å². The summed E-state index contributed by atoms with van der Waals surface area (Å²) >= 11 is 10.3. The van der Waals surface area contributed by atoms with E-state index in [9.17, 15) is 0 Å². The molecule has 0 fully saturated rings. The van der Waals surface area contributed by atoms with Crippen LogP contribution in [0.5, 0.6) is 0 Å². The molecule has 2 aromatic heterocycles. The molecule has 0 aliphatic carbocycles. The number of hydrogen-bond acceptors (Lipinski definition) is 4. The second-order valence-corrected chi connectivity index (χ2v) is 6.14. The fraction of sp³-hybridized carbons (Fsp3) is 0.273. The molecule has 7 heteroatoms. The van der Waals surface area contributed by atoms with Gasteiger partial charge in [0.2, 0.25) is 0 Å². The van der Waals surface area contributed by atoms with E-state index in [0.717, 1.165) is 21.5 Å². The first kappa shape index (κ1) is 13.5. The highest BCUT2D eigenvalue weighted by atomic mass is 79.9. The fourth-order valence-corrected chi connectivity index (χ4v) is 3.45. The summed E-state index contributed by atoms with van der Waals surface area (Å²) in [7, 11) is 1.88. The van der Waals surface area contributed by atoms with Crippen molar-refractivity contribution in [3.8, 4) is 0 Å². The van der Waals surface area contributed by atoms with Gasteiger partial charge in [-0.15, -0.1) is 11.3 Å². The van der Waals surface area contributed by atoms with Gasteiger partial charge in [-0.25, -0.2) is 0 Å². The van der Waals surface area contributed by atoms with Gasteiger partial charge in [-0.2, -0.15) is 5.10 Å². The first-order valence-electron chi connectivity index (χ1n) is 5.30. The Morgan fingerprint density at radius 3 is 2.94 bits per heavy atom. The van der Waals surface area contributed by atoms with Crippen molar-refractivity contribution in [3.05, 3.63) is 32.1 Å². The monoisotopic (exact) mass is 344 g/mol. The van der Waals surface area contributed by atoms with Crippen molar-refractivity contribution in [2.75, 3.05) is 5.32 Å². The molecule has 0 saturated heterocycles. The fourth-order valence-electron chi connectivity index (χ4n) is 1.77. The van der Waals surface area contributed by atoms with Gasteiger partial charge in [-0.05, 0) is 34.3 Å². The molecule has 0 unspecified atom stereocenters. The molecule has 0 bridgehead atoms. The maximum absolute atomic E-state index is 5.74. The maximum atomic E-state index is 5.74. The zero-order valence-corrected chi connectivity index (χ0v) is 13.2. The average molecular weight is 345 g/mol. The lowest BCUT2D eigenvalue weighted by atomic mass is 10.2. The molecule has 3 N–H and O–H groups in total. The molecule has 2 aromatic rings. The van der Waals surface area contributed by atoms with Crippen molar-refractivity contribution >= 4 is 50.3 Å². The van der Waals surface area contributed by atoms with Crippen LogP contribution in [0, 0.1) is 6.92 Å². The highest BCUT2D eigenvalue weighted by Gasteiger charge is 2.15. The van der Waals surface area contributed by atoms with Gasteiger partial charge in [0.15, 0.2) is 0 Å². The number of aryl methyl sites for hydroxylation is 2. The number of rotatable bonds is 4. The van der Waals surface area contributed by atoms with Crippen LogP contribution in [0.2, 0.25) is 0 Å². The summed E-state index contributed by atoms with van der Waals surface area (Å²) < 4.78 is 2.88. The Balaban J connectivity index is 2.24. The Kier molecular flexibility index (Phi) is 4.04. The van der Waals surface area contributed by atoms with Gasteiger partial charge in [0.25, 0.3) is 0 Å². The van der Waals surface area contributed by atoms with Crippen molar-refractivity contribution in [1.29, 1.82) is 0 Å². The predicted molar refractivity (Wildman–Crippen MR) is 83.2 cm³/mol. The number of thiophene rings is 1. The molecule has 2 heterocycles. The highest BCUT2D eigenvalue weighted by molar-refractivity contribution is 9.10. The third kappa shape index (κ3) is 2.57. The standard InChI is InChI=1S/C11H13BrN4S2/c1-6-9(10(13)17)11(16(2)15-6)14-5-8-7(12)3-4-18-8/h3-4,14H,5H2,1-2H3,(H2,13,17). The number of nitrogens with two attached hydrogens (primary N) is 1. The number of nitrogens with one attached hydrogen (secondary N) is 1. The molecule has 96 valence electrons. The first-order chi connectivity index (χ1) is 8.50. The maximum Gasteiger partial charge on any atom is 0.134 e. The molecule has 0 aliphatic heterocycles. The van der Waals surface area contributed by atoms with E-state index in [1.54, 1.807) is 16.0 Å². The third-order valence-corrected chi connectivity index (χ3v) is 4.71. The molecule has 0 aliphatic rings. The number of hydrogen-bond donors (Lipinski definition) is 2. The van der Waals surface area contributed by atoms with E-state index in [4.69, 9.17) is 18.0 Å². The van der Waals surface area contributed by atoms with Gasteiger partial charge in [0.05, 0.1) is 17.8 Å². The van der Waals surface area contributed by atoms with Gasteiger partial charge >= 0.3 is 0 Å². The second kappa shape index (κ2) is 5.38. The van der Waals surface area contributed by atoms with Crippen LogP contribution >= 0.6 is 39.5 Å². The minimum atomic E-state index is 0.369. The SMILES string of the molecule is Cc1nn(C)c(NCc2sccc2Br)c1C(N)=S. The summed E-state index contributed by atoms with van der Waals surface area (Å²) in [4.78, 5) is 1.59.